The molecule has 0 bridgehead atoms. The minimum atomic E-state index is 0. The Balaban J connectivity index is 0. The monoisotopic (exact) mass is 243 g/mol. The van der Waals surface area contributed by atoms with Crippen LogP contribution >= 0.6 is 13.5 Å². The molecule has 0 aliphatic heterocycles. The minimum absolute atomic E-state index is 0. The van der Waals surface area contributed by atoms with Crippen LogP contribution in [0.4, 0.5) is 0 Å². The summed E-state index contributed by atoms with van der Waals surface area (Å²) in [6, 6.07) is 0. The van der Waals surface area contributed by atoms with Gasteiger partial charge in [-0.2, -0.15) is 0 Å². The minimum Gasteiger partial charge on any atom is 0 e. The normalized spacial score (nSPS) is 0. The van der Waals surface area contributed by atoms with Crippen molar-refractivity contribution in [3.8, 4) is 0 Å². The fourth-order valence-corrected chi connectivity index (χ4v) is 0. The van der Waals surface area contributed by atoms with Crippen LogP contribution in [0, 0.1) is 49.2 Å². The summed E-state index contributed by atoms with van der Waals surface area (Å²) in [5.41, 5.74) is 0. The summed E-state index contributed by atoms with van der Waals surface area (Å²) in [5, 5.41) is 0. The fraction of sp³-hybridized carbons (Fsp3) is 0. The van der Waals surface area contributed by atoms with Crippen LogP contribution in [-0.2, 0) is 16.8 Å². The molecule has 0 N–H and O–H groups in total. The number of hydrogen-bond acceptors (Lipinski definition) is 0. The molecule has 0 heterocycles. The first-order chi connectivity index (χ1) is 0. The van der Waals surface area contributed by atoms with Crippen molar-refractivity contribution in [2.45, 2.75) is 0 Å². The van der Waals surface area contributed by atoms with Gasteiger partial charge in [-0.3, -0.25) is 0 Å². The molecule has 23 valence electrons. The Labute approximate surface area is 78.1 Å². The zero-order valence-electron chi connectivity index (χ0n) is 1.74. The Morgan fingerprint density at radius 2 is 1.00 bits per heavy atom. The quantitative estimate of drug-likeness (QED) is 0.588. The van der Waals surface area contributed by atoms with Gasteiger partial charge in [-0.05, 0) is 0 Å². The van der Waals surface area contributed by atoms with E-state index < -0.39 is 0 Å². The van der Waals surface area contributed by atoms with Crippen molar-refractivity contribution in [2.75, 3.05) is 0 Å². The summed E-state index contributed by atoms with van der Waals surface area (Å²) in [7, 11) is 0. The van der Waals surface area contributed by atoms with Gasteiger partial charge >= 0.3 is 0 Å². The zero-order chi connectivity index (χ0) is 0. The molecule has 0 aromatic heterocycles. The van der Waals surface area contributed by atoms with E-state index in [0.717, 1.165) is 0 Å². The summed E-state index contributed by atoms with van der Waals surface area (Å²) in [6.45, 7) is 0. The summed E-state index contributed by atoms with van der Waals surface area (Å²) in [4.78, 5) is 0. The second-order valence-electron chi connectivity index (χ2n) is 0. The third-order valence-electron chi connectivity index (χ3n) is 0. The molecule has 0 unspecified atom stereocenters. The molecule has 4 heavy (non-hydrogen) atoms. The topological polar surface area (TPSA) is 0 Å². The van der Waals surface area contributed by atoms with Crippen LogP contribution in [0.3, 0.4) is 0 Å². The molecule has 0 aromatic rings. The van der Waals surface area contributed by atoms with Crippen LogP contribution in [0.5, 0.6) is 0 Å². The van der Waals surface area contributed by atoms with Crippen LogP contribution in [0.1, 0.15) is 0 Å². The van der Waals surface area contributed by atoms with E-state index >= 15 is 0 Å². The molecule has 0 amide bonds. The third kappa shape index (κ3) is 8.87. The largest absolute Gasteiger partial charge is 0 e. The van der Waals surface area contributed by atoms with Crippen LogP contribution in [-0.4, -0.2) is 0 Å². The molecule has 0 spiro atoms. The molecule has 0 nitrogen and oxygen atoms in total. The predicted octanol–water partition coefficient (Wildman–Crippen LogP) is 0.727. The molecular formula is CCeCoS. The summed E-state index contributed by atoms with van der Waals surface area (Å²) < 4.78 is 0. The van der Waals surface area contributed by atoms with Crippen molar-refractivity contribution >= 4 is 13.5 Å². The number of hydrogen-bond donors (Lipinski definition) is 0. The van der Waals surface area contributed by atoms with Gasteiger partial charge in [0.2, 0.25) is 0 Å². The fourth-order valence-electron chi connectivity index (χ4n) is 0. The molecule has 7 radical (unpaired) electrons. The van der Waals surface area contributed by atoms with E-state index in [-0.39, 0.29) is 79.4 Å². The standard InChI is InChI=1S/C.Ce.Co.S. The molecule has 0 aromatic carbocycles. The van der Waals surface area contributed by atoms with Crippen LogP contribution in [0.15, 0.2) is 0 Å². The average molecular weight is 243 g/mol. The SMILES string of the molecule is [C].[Ce].[Co].[S]. The Morgan fingerprint density at radius 1 is 1.00 bits per heavy atom. The van der Waals surface area contributed by atoms with Crippen molar-refractivity contribution in [3.05, 3.63) is 7.43 Å². The summed E-state index contributed by atoms with van der Waals surface area (Å²) in [5.74, 6) is 0. The third-order valence-corrected chi connectivity index (χ3v) is 0. The van der Waals surface area contributed by atoms with Crippen molar-refractivity contribution in [1.29, 1.82) is 0 Å². The van der Waals surface area contributed by atoms with Gasteiger partial charge in [-0.1, -0.05) is 0 Å². The summed E-state index contributed by atoms with van der Waals surface area (Å²) in [6.07, 6.45) is 0. The van der Waals surface area contributed by atoms with E-state index in [1.54, 1.807) is 0 Å². The van der Waals surface area contributed by atoms with Gasteiger partial charge < -0.3 is 0 Å². The van der Waals surface area contributed by atoms with E-state index in [2.05, 4.69) is 0 Å². The van der Waals surface area contributed by atoms with Gasteiger partial charge in [-0.25, -0.2) is 0 Å². The van der Waals surface area contributed by atoms with Gasteiger partial charge in [0.25, 0.3) is 0 Å². The van der Waals surface area contributed by atoms with E-state index in [9.17, 15) is 0 Å². The maximum Gasteiger partial charge on any atom is 0 e. The molecule has 0 rings (SSSR count). The first-order valence-electron chi connectivity index (χ1n) is 0. The van der Waals surface area contributed by atoms with Crippen molar-refractivity contribution < 1.29 is 58.5 Å². The molecule has 0 aliphatic carbocycles. The second-order valence-corrected chi connectivity index (χ2v) is 0. The first-order valence-corrected chi connectivity index (χ1v) is 0. The van der Waals surface area contributed by atoms with Crippen molar-refractivity contribution in [2.24, 2.45) is 0 Å². The molecule has 0 fully saturated rings. The zero-order valence-corrected chi connectivity index (χ0v) is 6.74. The van der Waals surface area contributed by atoms with Crippen LogP contribution in [0.25, 0.3) is 0 Å². The van der Waals surface area contributed by atoms with Crippen LogP contribution in [0.2, 0.25) is 0 Å². The molecule has 0 saturated carbocycles. The van der Waals surface area contributed by atoms with Crippen molar-refractivity contribution in [3.63, 3.8) is 0 Å². The Bertz CT molecular complexity index is 8.00. The van der Waals surface area contributed by atoms with Gasteiger partial charge in [0.1, 0.15) is 0 Å². The van der Waals surface area contributed by atoms with E-state index in [1.807, 2.05) is 0 Å². The van der Waals surface area contributed by atoms with Crippen molar-refractivity contribution in [1.82, 2.24) is 0 Å². The molecule has 0 atom stereocenters. The average Bonchev–Trinajstić information content (AvgIpc) is 0. The maximum absolute atomic E-state index is 0. The second kappa shape index (κ2) is 18.8. The van der Waals surface area contributed by atoms with Gasteiger partial charge in [-0.15, -0.1) is 0 Å². The molecule has 3 heteroatoms. The molecule has 0 saturated heterocycles. The smallest absolute Gasteiger partial charge is 0 e. The van der Waals surface area contributed by atoms with Gasteiger partial charge in [0.05, 0.1) is 0 Å². The predicted molar refractivity (Wildman–Crippen MR) is 10.8 cm³/mol. The van der Waals surface area contributed by atoms with Gasteiger partial charge in [0, 0.05) is 79.4 Å². The van der Waals surface area contributed by atoms with E-state index in [1.165, 1.54) is 0 Å². The first kappa shape index (κ1) is 34.2. The Morgan fingerprint density at radius 3 is 1.00 bits per heavy atom. The van der Waals surface area contributed by atoms with Gasteiger partial charge in [0.15, 0.2) is 0 Å². The van der Waals surface area contributed by atoms with E-state index in [0.29, 0.717) is 0 Å². The maximum atomic E-state index is 0. The van der Waals surface area contributed by atoms with E-state index in [4.69, 9.17) is 0 Å². The summed E-state index contributed by atoms with van der Waals surface area (Å²) >= 11 is 0. The Kier molecular flexibility index (Phi) is 161. The molecule has 0 aliphatic rings. The number of rotatable bonds is 0. The Hall–Kier alpha value is 2.23. The van der Waals surface area contributed by atoms with Crippen LogP contribution < -0.4 is 0 Å². The molecular weight excluding hydrogens is 243 g/mol.